The molecule has 1 amide bonds. The molecule has 0 saturated carbocycles. The quantitative estimate of drug-likeness (QED) is 0.458. The van der Waals surface area contributed by atoms with Crippen molar-refractivity contribution in [3.8, 4) is 0 Å². The van der Waals surface area contributed by atoms with E-state index in [1.807, 2.05) is 60.7 Å². The van der Waals surface area contributed by atoms with Crippen LogP contribution in [0, 0.1) is 0 Å². The van der Waals surface area contributed by atoms with Gasteiger partial charge in [-0.1, -0.05) is 83.3 Å². The second-order valence-corrected chi connectivity index (χ2v) is 7.11. The molecule has 0 spiro atoms. The Labute approximate surface area is 150 Å². The van der Waals surface area contributed by atoms with Gasteiger partial charge in [-0.3, -0.25) is 4.79 Å². The lowest BCUT2D eigenvalue weighted by atomic mass is 10.2. The number of carbonyl (C=O) groups is 1. The zero-order valence-electron chi connectivity index (χ0n) is 12.0. The van der Waals surface area contributed by atoms with Crippen molar-refractivity contribution in [2.45, 2.75) is 9.96 Å². The molecule has 0 fully saturated rings. The summed E-state index contributed by atoms with van der Waals surface area (Å²) in [6, 6.07) is 18.6. The molecule has 0 aliphatic carbocycles. The molecule has 0 heterocycles. The molecule has 6 heteroatoms. The van der Waals surface area contributed by atoms with Crippen molar-refractivity contribution in [1.29, 1.82) is 0 Å². The summed E-state index contributed by atoms with van der Waals surface area (Å²) < 4.78 is -1.70. The van der Waals surface area contributed by atoms with Crippen LogP contribution in [0.1, 0.15) is 5.56 Å². The average Bonchev–Trinajstić information content (AvgIpc) is 2.53. The van der Waals surface area contributed by atoms with E-state index < -0.39 is 9.96 Å². The highest BCUT2D eigenvalue weighted by molar-refractivity contribution is 6.68. The van der Waals surface area contributed by atoms with Crippen molar-refractivity contribution in [3.05, 3.63) is 72.3 Å². The Hall–Kier alpha value is -1.68. The SMILES string of the molecule is O=C(/C=C/c1ccccc1)N[C@@H](Nc1ccccc1)C(Cl)(Cl)Cl. The zero-order chi connectivity index (χ0) is 16.7. The highest BCUT2D eigenvalue weighted by Crippen LogP contribution is 2.31. The van der Waals surface area contributed by atoms with Crippen LogP contribution in [0.2, 0.25) is 0 Å². The molecule has 2 N–H and O–H groups in total. The van der Waals surface area contributed by atoms with Gasteiger partial charge < -0.3 is 10.6 Å². The third-order valence-electron chi connectivity index (χ3n) is 2.93. The van der Waals surface area contributed by atoms with E-state index >= 15 is 0 Å². The maximum Gasteiger partial charge on any atom is 0.245 e. The molecular formula is C17H15Cl3N2O. The largest absolute Gasteiger partial charge is 0.362 e. The topological polar surface area (TPSA) is 41.1 Å². The summed E-state index contributed by atoms with van der Waals surface area (Å²) in [5.41, 5.74) is 1.64. The first-order valence-electron chi connectivity index (χ1n) is 6.87. The van der Waals surface area contributed by atoms with Gasteiger partial charge in [-0.2, -0.15) is 0 Å². The molecule has 2 aromatic rings. The van der Waals surface area contributed by atoms with Crippen molar-refractivity contribution in [1.82, 2.24) is 5.32 Å². The second kappa shape index (κ2) is 8.25. The van der Waals surface area contributed by atoms with Gasteiger partial charge in [0.05, 0.1) is 0 Å². The van der Waals surface area contributed by atoms with Gasteiger partial charge in [0.2, 0.25) is 9.70 Å². The smallest absolute Gasteiger partial charge is 0.245 e. The van der Waals surface area contributed by atoms with Gasteiger partial charge in [0.25, 0.3) is 0 Å². The van der Waals surface area contributed by atoms with Crippen LogP contribution in [0.5, 0.6) is 0 Å². The number of hydrogen-bond donors (Lipinski definition) is 2. The zero-order valence-corrected chi connectivity index (χ0v) is 14.3. The maximum atomic E-state index is 12.0. The van der Waals surface area contributed by atoms with Crippen molar-refractivity contribution in [3.63, 3.8) is 0 Å². The summed E-state index contributed by atoms with van der Waals surface area (Å²) in [4.78, 5) is 12.0. The molecule has 120 valence electrons. The minimum absolute atomic E-state index is 0.367. The van der Waals surface area contributed by atoms with E-state index in [1.165, 1.54) is 6.08 Å². The number of benzene rings is 2. The molecule has 23 heavy (non-hydrogen) atoms. The normalized spacial score (nSPS) is 12.8. The van der Waals surface area contributed by atoms with E-state index in [-0.39, 0.29) is 5.91 Å². The third-order valence-corrected chi connectivity index (χ3v) is 3.58. The molecule has 0 aliphatic rings. The average molecular weight is 370 g/mol. The molecule has 1 atom stereocenters. The number of hydrogen-bond acceptors (Lipinski definition) is 2. The minimum atomic E-state index is -1.70. The lowest BCUT2D eigenvalue weighted by Crippen LogP contribution is -2.48. The number of anilines is 1. The van der Waals surface area contributed by atoms with E-state index in [1.54, 1.807) is 6.08 Å². The lowest BCUT2D eigenvalue weighted by Gasteiger charge is -2.26. The molecule has 0 radical (unpaired) electrons. The van der Waals surface area contributed by atoms with Gasteiger partial charge in [-0.25, -0.2) is 0 Å². The molecule has 3 nitrogen and oxygen atoms in total. The summed E-state index contributed by atoms with van der Waals surface area (Å²) in [6.45, 7) is 0. The fourth-order valence-electron chi connectivity index (χ4n) is 1.83. The summed E-state index contributed by atoms with van der Waals surface area (Å²) in [7, 11) is 0. The van der Waals surface area contributed by atoms with E-state index in [4.69, 9.17) is 34.8 Å². The Kier molecular flexibility index (Phi) is 6.34. The number of carbonyl (C=O) groups excluding carboxylic acids is 1. The lowest BCUT2D eigenvalue weighted by molar-refractivity contribution is -0.116. The number of amides is 1. The molecule has 0 unspecified atom stereocenters. The number of nitrogens with one attached hydrogen (secondary N) is 2. The van der Waals surface area contributed by atoms with Crippen LogP contribution in [0.15, 0.2) is 66.7 Å². The molecule has 0 aromatic heterocycles. The first kappa shape index (κ1) is 17.7. The summed E-state index contributed by atoms with van der Waals surface area (Å²) in [5, 5.41) is 5.63. The van der Waals surface area contributed by atoms with Crippen LogP contribution in [-0.4, -0.2) is 15.9 Å². The van der Waals surface area contributed by atoms with Crippen molar-refractivity contribution >= 4 is 52.5 Å². The highest BCUT2D eigenvalue weighted by Gasteiger charge is 2.33. The third kappa shape index (κ3) is 6.14. The first-order chi connectivity index (χ1) is 10.9. The summed E-state index contributed by atoms with van der Waals surface area (Å²) in [6.07, 6.45) is 2.21. The first-order valence-corrected chi connectivity index (χ1v) is 8.00. The number of halogens is 3. The van der Waals surface area contributed by atoms with Gasteiger partial charge in [0.1, 0.15) is 6.17 Å². The fraction of sp³-hybridized carbons (Fsp3) is 0.118. The molecule has 0 aliphatic heterocycles. The molecule has 0 saturated heterocycles. The van der Waals surface area contributed by atoms with Crippen LogP contribution in [0.3, 0.4) is 0 Å². The Bertz CT molecular complexity index is 655. The van der Waals surface area contributed by atoms with Gasteiger partial charge in [-0.05, 0) is 23.8 Å². The van der Waals surface area contributed by atoms with Crippen molar-refractivity contribution in [2.75, 3.05) is 5.32 Å². The minimum Gasteiger partial charge on any atom is -0.362 e. The predicted molar refractivity (Wildman–Crippen MR) is 97.8 cm³/mol. The number of para-hydroxylation sites is 1. The van der Waals surface area contributed by atoms with E-state index in [0.717, 1.165) is 11.3 Å². The van der Waals surface area contributed by atoms with Gasteiger partial charge in [0, 0.05) is 11.8 Å². The van der Waals surface area contributed by atoms with E-state index in [2.05, 4.69) is 10.6 Å². The molecular weight excluding hydrogens is 355 g/mol. The van der Waals surface area contributed by atoms with Crippen LogP contribution >= 0.6 is 34.8 Å². The maximum absolute atomic E-state index is 12.0. The molecule has 2 aromatic carbocycles. The van der Waals surface area contributed by atoms with E-state index in [0.29, 0.717) is 0 Å². The Morgan fingerprint density at radius 3 is 2.09 bits per heavy atom. The predicted octanol–water partition coefficient (Wildman–Crippen LogP) is 4.62. The highest BCUT2D eigenvalue weighted by atomic mass is 35.6. The van der Waals surface area contributed by atoms with Crippen LogP contribution in [0.4, 0.5) is 5.69 Å². The van der Waals surface area contributed by atoms with Crippen molar-refractivity contribution < 1.29 is 4.79 Å². The summed E-state index contributed by atoms with van der Waals surface area (Å²) >= 11 is 17.8. The van der Waals surface area contributed by atoms with Gasteiger partial charge >= 0.3 is 0 Å². The van der Waals surface area contributed by atoms with Crippen LogP contribution < -0.4 is 10.6 Å². The Balaban J connectivity index is 2.03. The monoisotopic (exact) mass is 368 g/mol. The number of rotatable bonds is 5. The van der Waals surface area contributed by atoms with Crippen LogP contribution in [-0.2, 0) is 4.79 Å². The summed E-state index contributed by atoms with van der Waals surface area (Å²) in [5.74, 6) is -0.367. The van der Waals surface area contributed by atoms with Gasteiger partial charge in [0.15, 0.2) is 0 Å². The number of alkyl halides is 3. The van der Waals surface area contributed by atoms with Crippen molar-refractivity contribution in [2.24, 2.45) is 0 Å². The Morgan fingerprint density at radius 2 is 1.52 bits per heavy atom. The second-order valence-electron chi connectivity index (χ2n) is 4.74. The molecule has 0 bridgehead atoms. The standard InChI is InChI=1S/C17H15Cl3N2O/c18-17(19,20)16(21-14-9-5-2-6-10-14)22-15(23)12-11-13-7-3-1-4-8-13/h1-12,16,21H,(H,22,23)/b12-11+/t16-/m1/s1. The van der Waals surface area contributed by atoms with Crippen LogP contribution in [0.25, 0.3) is 6.08 Å². The van der Waals surface area contributed by atoms with Gasteiger partial charge in [-0.15, -0.1) is 0 Å². The fourth-order valence-corrected chi connectivity index (χ4v) is 2.15. The van der Waals surface area contributed by atoms with E-state index in [9.17, 15) is 4.79 Å². The molecule has 2 rings (SSSR count). The Morgan fingerprint density at radius 1 is 0.957 bits per heavy atom.